The first-order chi connectivity index (χ1) is 11.2. The lowest BCUT2D eigenvalue weighted by Gasteiger charge is -2.24. The lowest BCUT2D eigenvalue weighted by molar-refractivity contribution is -0.148. The van der Waals surface area contributed by atoms with Crippen molar-refractivity contribution in [2.45, 2.75) is 32.2 Å². The van der Waals surface area contributed by atoms with Crippen LogP contribution < -0.4 is 16.9 Å². The Labute approximate surface area is 134 Å². The predicted molar refractivity (Wildman–Crippen MR) is 85.6 cm³/mol. The van der Waals surface area contributed by atoms with Crippen molar-refractivity contribution in [3.8, 4) is 0 Å². The summed E-state index contributed by atoms with van der Waals surface area (Å²) in [5.74, 6) is -0.0140. The van der Waals surface area contributed by atoms with Gasteiger partial charge in [-0.05, 0) is 43.9 Å². The number of fused-ring (bicyclic) bond motifs is 2. The van der Waals surface area contributed by atoms with Gasteiger partial charge in [-0.1, -0.05) is 0 Å². The van der Waals surface area contributed by atoms with Crippen LogP contribution in [0.4, 0.5) is 5.95 Å². The van der Waals surface area contributed by atoms with Crippen LogP contribution in [-0.4, -0.2) is 46.7 Å². The van der Waals surface area contributed by atoms with Gasteiger partial charge in [-0.25, -0.2) is 19.8 Å². The van der Waals surface area contributed by atoms with Gasteiger partial charge in [-0.2, -0.15) is 0 Å². The quantitative estimate of drug-likeness (QED) is 0.639. The highest BCUT2D eigenvalue weighted by Gasteiger charge is 2.41. The molecule has 0 amide bonds. The molecule has 2 heterocycles. The van der Waals surface area contributed by atoms with Crippen LogP contribution >= 0.6 is 0 Å². The van der Waals surface area contributed by atoms with Crippen molar-refractivity contribution in [1.29, 1.82) is 0 Å². The Hall–Kier alpha value is -2.19. The van der Waals surface area contributed by atoms with E-state index in [-0.39, 0.29) is 11.9 Å². The number of nitrogens with zero attached hydrogens (tertiary/aromatic N) is 3. The summed E-state index contributed by atoms with van der Waals surface area (Å²) in [6.07, 6.45) is 4.09. The Balaban J connectivity index is 1.96. The molecule has 8 nitrogen and oxygen atoms in total. The van der Waals surface area contributed by atoms with Crippen LogP contribution in [0.5, 0.6) is 0 Å². The number of hydrazine groups is 1. The smallest absolute Gasteiger partial charge is 0.329 e. The Morgan fingerprint density at radius 2 is 2.35 bits per heavy atom. The number of aromatic nitrogens is 2. The highest BCUT2D eigenvalue weighted by atomic mass is 16.5. The number of rotatable bonds is 5. The number of ether oxygens (including phenoxy) is 1. The summed E-state index contributed by atoms with van der Waals surface area (Å²) < 4.78 is 5.25. The van der Waals surface area contributed by atoms with Crippen LogP contribution in [0, 0.1) is 0 Å². The van der Waals surface area contributed by atoms with E-state index in [0.717, 1.165) is 41.8 Å². The molecule has 3 rings (SSSR count). The first-order valence-electron chi connectivity index (χ1n) is 7.90. The van der Waals surface area contributed by atoms with Crippen molar-refractivity contribution in [1.82, 2.24) is 20.4 Å². The number of esters is 1. The lowest BCUT2D eigenvalue weighted by atomic mass is 9.91. The zero-order valence-corrected chi connectivity index (χ0v) is 13.2. The van der Waals surface area contributed by atoms with Crippen LogP contribution in [0.2, 0.25) is 0 Å². The van der Waals surface area contributed by atoms with Crippen LogP contribution in [0.15, 0.2) is 11.8 Å². The summed E-state index contributed by atoms with van der Waals surface area (Å²) in [6.45, 7) is 3.38. The molecule has 0 bridgehead atoms. The molecular weight excluding hydrogens is 296 g/mol. The van der Waals surface area contributed by atoms with E-state index in [1.165, 1.54) is 0 Å². The zero-order valence-electron chi connectivity index (χ0n) is 13.2. The summed E-state index contributed by atoms with van der Waals surface area (Å²) >= 11 is 0. The first-order valence-corrected chi connectivity index (χ1v) is 7.90. The fourth-order valence-electron chi connectivity index (χ4n) is 3.10. The fraction of sp³-hybridized carbons (Fsp3) is 0.533. The normalized spacial score (nSPS) is 20.0. The zero-order chi connectivity index (χ0) is 16.4. The molecule has 0 radical (unpaired) electrons. The molecule has 0 saturated carbocycles. The molecule has 1 unspecified atom stereocenters. The van der Waals surface area contributed by atoms with Gasteiger partial charge in [0.05, 0.1) is 18.0 Å². The Morgan fingerprint density at radius 3 is 3.09 bits per heavy atom. The highest BCUT2D eigenvalue weighted by Crippen LogP contribution is 2.36. The summed E-state index contributed by atoms with van der Waals surface area (Å²) in [6, 6.07) is -0.430. The first kappa shape index (κ1) is 15.7. The van der Waals surface area contributed by atoms with Crippen LogP contribution in [0.25, 0.3) is 5.70 Å². The van der Waals surface area contributed by atoms with Crippen molar-refractivity contribution in [2.24, 2.45) is 5.73 Å². The highest BCUT2D eigenvalue weighted by molar-refractivity contribution is 5.86. The number of hydrogen-bond acceptors (Lipinski definition) is 8. The molecule has 124 valence electrons. The standard InChI is InChI=1S/C15H22N6O2/c1-2-23-14(22)13-10-5-4-9-8-18-15(17)19-11(9)12(10)20-21(13)7-3-6-16/h8,13,20H,2-7,16H2,1H3,(H2,17,18,19). The third-order valence-electron chi connectivity index (χ3n) is 4.11. The number of nitrogens with one attached hydrogen (secondary N) is 1. The average molecular weight is 318 g/mol. The third kappa shape index (κ3) is 2.87. The number of nitrogens with two attached hydrogens (primary N) is 2. The molecule has 2 aliphatic rings. The maximum Gasteiger partial charge on any atom is 0.329 e. The largest absolute Gasteiger partial charge is 0.465 e. The van der Waals surface area contributed by atoms with E-state index >= 15 is 0 Å². The second kappa shape index (κ2) is 6.51. The Kier molecular flexibility index (Phi) is 4.44. The number of anilines is 1. The monoisotopic (exact) mass is 318 g/mol. The Bertz CT molecular complexity index is 645. The van der Waals surface area contributed by atoms with Crippen molar-refractivity contribution >= 4 is 17.6 Å². The molecular formula is C15H22N6O2. The third-order valence-corrected chi connectivity index (χ3v) is 4.11. The van der Waals surface area contributed by atoms with Crippen molar-refractivity contribution in [3.05, 3.63) is 23.0 Å². The van der Waals surface area contributed by atoms with Crippen molar-refractivity contribution < 1.29 is 9.53 Å². The summed E-state index contributed by atoms with van der Waals surface area (Å²) in [5.41, 5.74) is 18.3. The molecule has 1 atom stereocenters. The van der Waals surface area contributed by atoms with Gasteiger partial charge in [-0.3, -0.25) is 0 Å². The topological polar surface area (TPSA) is 119 Å². The molecule has 0 aromatic carbocycles. The fourth-order valence-corrected chi connectivity index (χ4v) is 3.10. The van der Waals surface area contributed by atoms with Gasteiger partial charge in [-0.15, -0.1) is 0 Å². The SMILES string of the molecule is CCOC(=O)C1C2=C(NN1CCCN)c1nc(N)ncc1CC2. The molecule has 23 heavy (non-hydrogen) atoms. The van der Waals surface area contributed by atoms with Crippen LogP contribution in [0.1, 0.15) is 31.0 Å². The molecule has 0 spiro atoms. The summed E-state index contributed by atoms with van der Waals surface area (Å²) in [5, 5.41) is 1.89. The average Bonchev–Trinajstić information content (AvgIpc) is 2.92. The number of carbonyl (C=O) groups excluding carboxylic acids is 1. The second-order valence-electron chi connectivity index (χ2n) is 5.60. The molecule has 1 aromatic rings. The molecule has 1 aliphatic heterocycles. The van der Waals surface area contributed by atoms with Gasteiger partial charge in [0.25, 0.3) is 0 Å². The van der Waals surface area contributed by atoms with E-state index in [1.807, 2.05) is 11.9 Å². The van der Waals surface area contributed by atoms with Gasteiger partial charge < -0.3 is 21.6 Å². The van der Waals surface area contributed by atoms with E-state index in [4.69, 9.17) is 16.2 Å². The molecule has 1 aromatic heterocycles. The van der Waals surface area contributed by atoms with E-state index < -0.39 is 6.04 Å². The number of nitrogen functional groups attached to an aromatic ring is 1. The van der Waals surface area contributed by atoms with Crippen LogP contribution in [0.3, 0.4) is 0 Å². The van der Waals surface area contributed by atoms with E-state index in [9.17, 15) is 4.79 Å². The molecule has 5 N–H and O–H groups in total. The van der Waals surface area contributed by atoms with E-state index in [1.54, 1.807) is 6.20 Å². The van der Waals surface area contributed by atoms with Gasteiger partial charge in [0.15, 0.2) is 0 Å². The van der Waals surface area contributed by atoms with Gasteiger partial charge in [0, 0.05) is 12.7 Å². The second-order valence-corrected chi connectivity index (χ2v) is 5.60. The molecule has 8 heteroatoms. The lowest BCUT2D eigenvalue weighted by Crippen LogP contribution is -2.45. The minimum atomic E-state index is -0.430. The Morgan fingerprint density at radius 1 is 1.52 bits per heavy atom. The predicted octanol–water partition coefficient (Wildman–Crippen LogP) is -0.183. The van der Waals surface area contributed by atoms with Crippen LogP contribution in [-0.2, 0) is 16.0 Å². The minimum absolute atomic E-state index is 0.229. The summed E-state index contributed by atoms with van der Waals surface area (Å²) in [4.78, 5) is 20.8. The summed E-state index contributed by atoms with van der Waals surface area (Å²) in [7, 11) is 0. The maximum absolute atomic E-state index is 12.4. The van der Waals surface area contributed by atoms with Crippen molar-refractivity contribution in [3.63, 3.8) is 0 Å². The van der Waals surface area contributed by atoms with Gasteiger partial charge in [0.2, 0.25) is 5.95 Å². The van der Waals surface area contributed by atoms with Crippen molar-refractivity contribution in [2.75, 3.05) is 25.4 Å². The van der Waals surface area contributed by atoms with E-state index in [2.05, 4.69) is 15.4 Å². The number of aryl methyl sites for hydroxylation is 1. The van der Waals surface area contributed by atoms with Gasteiger partial charge >= 0.3 is 5.97 Å². The van der Waals surface area contributed by atoms with E-state index in [0.29, 0.717) is 19.7 Å². The minimum Gasteiger partial charge on any atom is -0.465 e. The molecule has 1 aliphatic carbocycles. The molecule has 0 saturated heterocycles. The number of hydrogen-bond donors (Lipinski definition) is 3. The van der Waals surface area contributed by atoms with Gasteiger partial charge in [0.1, 0.15) is 6.04 Å². The molecule has 0 fully saturated rings. The maximum atomic E-state index is 12.4. The number of carbonyl (C=O) groups is 1.